The SMILES string of the molecule is CC(C)(C)c1ccc2c3ccc4cc3n(c2c1)-c1cc(-c2ccc(C(F)(F)F)cc2C(F)(F)F)cc(c1C#N)-n1c2cc(C(C)(C)C)ccc2c2ccc(cc21)C(C)(C)CC4(C)C. The number of benzene rings is 6. The van der Waals surface area contributed by atoms with Crippen molar-refractivity contribution in [3.05, 3.63) is 142 Å². The van der Waals surface area contributed by atoms with Crippen molar-refractivity contribution in [2.45, 2.75) is 110 Å². The molecule has 9 heteroatoms. The summed E-state index contributed by atoms with van der Waals surface area (Å²) in [7, 11) is 0. The zero-order valence-electron chi connectivity index (χ0n) is 37.1. The van der Waals surface area contributed by atoms with Crippen molar-refractivity contribution in [3.63, 3.8) is 0 Å². The Labute approximate surface area is 363 Å². The highest BCUT2D eigenvalue weighted by atomic mass is 19.4. The third-order valence-electron chi connectivity index (χ3n) is 13.4. The van der Waals surface area contributed by atoms with Crippen molar-refractivity contribution < 1.29 is 26.3 Å². The van der Waals surface area contributed by atoms with Gasteiger partial charge in [0.25, 0.3) is 0 Å². The van der Waals surface area contributed by atoms with Gasteiger partial charge >= 0.3 is 12.4 Å². The summed E-state index contributed by atoms with van der Waals surface area (Å²) < 4.78 is 91.9. The highest BCUT2D eigenvalue weighted by Crippen LogP contribution is 2.48. The summed E-state index contributed by atoms with van der Waals surface area (Å²) in [6, 6.07) is 32.6. The summed E-state index contributed by atoms with van der Waals surface area (Å²) in [6.07, 6.45) is -9.39. The maximum absolute atomic E-state index is 15.2. The van der Waals surface area contributed by atoms with E-state index in [0.717, 1.165) is 78.4 Å². The molecule has 63 heavy (non-hydrogen) atoms. The maximum Gasteiger partial charge on any atom is 0.417 e. The molecular formula is C54H49F6N3. The van der Waals surface area contributed by atoms with Crippen LogP contribution in [0.3, 0.4) is 0 Å². The topological polar surface area (TPSA) is 33.6 Å². The first-order valence-electron chi connectivity index (χ1n) is 21.3. The van der Waals surface area contributed by atoms with Crippen molar-refractivity contribution in [1.82, 2.24) is 9.13 Å². The number of aromatic nitrogens is 2. The first kappa shape index (κ1) is 42.3. The molecular weight excluding hydrogens is 805 g/mol. The highest BCUT2D eigenvalue weighted by molar-refractivity contribution is 6.12. The fourth-order valence-electron chi connectivity index (χ4n) is 10.1. The third-order valence-corrected chi connectivity index (χ3v) is 13.4. The van der Waals surface area contributed by atoms with Crippen LogP contribution in [0, 0.1) is 11.3 Å². The second kappa shape index (κ2) is 13.5. The van der Waals surface area contributed by atoms with E-state index in [2.05, 4.69) is 148 Å². The summed E-state index contributed by atoms with van der Waals surface area (Å²) in [5, 5.41) is 15.1. The summed E-state index contributed by atoms with van der Waals surface area (Å²) in [4.78, 5) is 0. The Morgan fingerprint density at radius 1 is 0.492 bits per heavy atom. The van der Waals surface area contributed by atoms with E-state index in [9.17, 15) is 18.4 Å². The Morgan fingerprint density at radius 2 is 0.889 bits per heavy atom. The Balaban J connectivity index is 1.56. The fraction of sp³-hybridized carbons (Fsp3) is 0.315. The first-order valence-corrected chi connectivity index (χ1v) is 21.3. The van der Waals surface area contributed by atoms with Gasteiger partial charge in [0.1, 0.15) is 11.6 Å². The fourth-order valence-corrected chi connectivity index (χ4v) is 10.1. The molecule has 8 aromatic rings. The van der Waals surface area contributed by atoms with Crippen LogP contribution in [0.4, 0.5) is 26.3 Å². The van der Waals surface area contributed by atoms with Gasteiger partial charge in [-0.15, -0.1) is 0 Å². The molecule has 0 radical (unpaired) electrons. The van der Waals surface area contributed by atoms with Crippen molar-refractivity contribution in [3.8, 4) is 28.6 Å². The lowest BCUT2D eigenvalue weighted by Crippen LogP contribution is -2.30. The molecule has 2 aromatic heterocycles. The molecule has 0 saturated carbocycles. The lowest BCUT2D eigenvalue weighted by Gasteiger charge is -2.36. The third kappa shape index (κ3) is 6.79. The van der Waals surface area contributed by atoms with Crippen LogP contribution in [-0.2, 0) is 34.0 Å². The molecule has 1 aliphatic heterocycles. The van der Waals surface area contributed by atoms with Gasteiger partial charge in [0, 0.05) is 21.5 Å². The normalized spacial score (nSPS) is 15.5. The molecule has 322 valence electrons. The quantitative estimate of drug-likeness (QED) is 0.151. The smallest absolute Gasteiger partial charge is 0.308 e. The summed E-state index contributed by atoms with van der Waals surface area (Å²) >= 11 is 0. The largest absolute Gasteiger partial charge is 0.417 e. The number of hydrogen-bond acceptors (Lipinski definition) is 1. The lowest BCUT2D eigenvalue weighted by molar-refractivity contribution is -0.142. The average Bonchev–Trinajstić information content (AvgIpc) is 3.69. The molecule has 0 atom stereocenters. The predicted molar refractivity (Wildman–Crippen MR) is 243 cm³/mol. The van der Waals surface area contributed by atoms with E-state index in [-0.39, 0.29) is 38.9 Å². The lowest BCUT2D eigenvalue weighted by atomic mass is 9.68. The monoisotopic (exact) mass is 853 g/mol. The number of nitrogens with zero attached hydrogens (tertiary/aromatic N) is 3. The van der Waals surface area contributed by atoms with Gasteiger partial charge < -0.3 is 9.13 Å². The van der Waals surface area contributed by atoms with Gasteiger partial charge in [0.05, 0.1) is 44.6 Å². The number of fused-ring (bicyclic) bond motifs is 12. The zero-order valence-corrected chi connectivity index (χ0v) is 37.1. The second-order valence-electron chi connectivity index (χ2n) is 20.8. The first-order chi connectivity index (χ1) is 29.2. The molecule has 1 aliphatic rings. The van der Waals surface area contributed by atoms with Crippen LogP contribution in [-0.4, -0.2) is 9.13 Å². The summed E-state index contributed by atoms with van der Waals surface area (Å²) in [5.41, 5.74) is 3.39. The number of rotatable bonds is 1. The Bertz CT molecular complexity index is 3090. The maximum atomic E-state index is 15.2. The van der Waals surface area contributed by atoms with Gasteiger partial charge in [-0.05, 0) is 110 Å². The van der Waals surface area contributed by atoms with Crippen LogP contribution < -0.4 is 0 Å². The van der Waals surface area contributed by atoms with Crippen molar-refractivity contribution >= 4 is 43.6 Å². The van der Waals surface area contributed by atoms with E-state index in [1.165, 1.54) is 0 Å². The number of halogens is 6. The molecule has 0 amide bonds. The van der Waals surface area contributed by atoms with Crippen molar-refractivity contribution in [2.75, 3.05) is 0 Å². The molecule has 3 heterocycles. The predicted octanol–water partition coefficient (Wildman–Crippen LogP) is 16.0. The molecule has 6 bridgehead atoms. The molecule has 0 aliphatic carbocycles. The minimum Gasteiger partial charge on any atom is -0.308 e. The number of alkyl halides is 6. The van der Waals surface area contributed by atoms with E-state index in [4.69, 9.17) is 0 Å². The minimum atomic E-state index is -5.15. The van der Waals surface area contributed by atoms with Gasteiger partial charge in [-0.3, -0.25) is 0 Å². The van der Waals surface area contributed by atoms with E-state index < -0.39 is 29.0 Å². The van der Waals surface area contributed by atoms with Crippen molar-refractivity contribution in [2.24, 2.45) is 0 Å². The molecule has 0 N–H and O–H groups in total. The van der Waals surface area contributed by atoms with E-state index in [0.29, 0.717) is 17.4 Å². The Morgan fingerprint density at radius 3 is 1.27 bits per heavy atom. The minimum absolute atomic E-state index is 0.0177. The van der Waals surface area contributed by atoms with Crippen LogP contribution in [0.25, 0.3) is 66.1 Å². The van der Waals surface area contributed by atoms with Crippen LogP contribution in [0.15, 0.2) is 103 Å². The van der Waals surface area contributed by atoms with Crippen LogP contribution in [0.5, 0.6) is 0 Å². The number of nitriles is 1. The standard InChI is InChI=1S/C54H49F6N3/c1-49(2,3)31-11-17-37-39-19-13-33-26-47(39)62(45(37)24-31)43-21-30(36-16-15-35(53(55,56)57)23-42(36)54(58,59)60)22-44(41(43)28-61)63-46-25-32(50(4,5)6)12-18-38(46)40-20-14-34(27-48(40)63)52(9,10)29-51(33,7)8/h11-27H,29H2,1-10H3. The van der Waals surface area contributed by atoms with E-state index in [1.807, 2.05) is 9.13 Å². The van der Waals surface area contributed by atoms with Gasteiger partial charge in [-0.1, -0.05) is 124 Å². The van der Waals surface area contributed by atoms with Crippen LogP contribution in [0.1, 0.15) is 115 Å². The molecule has 9 rings (SSSR count). The Kier molecular flexibility index (Phi) is 9.06. The van der Waals surface area contributed by atoms with Crippen LogP contribution in [0.2, 0.25) is 0 Å². The van der Waals surface area contributed by atoms with Gasteiger partial charge in [0.15, 0.2) is 0 Å². The number of hydrogen-bond donors (Lipinski definition) is 0. The van der Waals surface area contributed by atoms with E-state index >= 15 is 13.2 Å². The molecule has 6 aromatic carbocycles. The molecule has 0 unspecified atom stereocenters. The summed E-state index contributed by atoms with van der Waals surface area (Å²) in [6.45, 7) is 21.5. The molecule has 0 saturated heterocycles. The van der Waals surface area contributed by atoms with Gasteiger partial charge in [0.2, 0.25) is 0 Å². The van der Waals surface area contributed by atoms with Crippen molar-refractivity contribution in [1.29, 1.82) is 5.26 Å². The molecule has 3 nitrogen and oxygen atoms in total. The van der Waals surface area contributed by atoms with Gasteiger partial charge in [-0.2, -0.15) is 31.6 Å². The summed E-state index contributed by atoms with van der Waals surface area (Å²) in [5.74, 6) is 0. The average molecular weight is 854 g/mol. The van der Waals surface area contributed by atoms with E-state index in [1.54, 1.807) is 12.1 Å². The Hall–Kier alpha value is -6.01. The molecule has 0 spiro atoms. The van der Waals surface area contributed by atoms with Gasteiger partial charge in [-0.25, -0.2) is 0 Å². The van der Waals surface area contributed by atoms with Crippen LogP contribution >= 0.6 is 0 Å². The highest BCUT2D eigenvalue weighted by Gasteiger charge is 2.39. The second-order valence-corrected chi connectivity index (χ2v) is 20.8. The molecule has 0 fully saturated rings. The zero-order chi connectivity index (χ0) is 45.6.